The molecular weight excluding hydrogens is 430 g/mol. The van der Waals surface area contributed by atoms with E-state index < -0.39 is 9.84 Å². The molecule has 0 atom stereocenters. The van der Waals surface area contributed by atoms with Gasteiger partial charge in [0.2, 0.25) is 16.7 Å². The summed E-state index contributed by atoms with van der Waals surface area (Å²) in [6.45, 7) is 9.18. The molecule has 11 nitrogen and oxygen atoms in total. The van der Waals surface area contributed by atoms with Gasteiger partial charge in [0.15, 0.2) is 9.84 Å². The SMILES string of the molecule is CCN(CC)c1ccc(N=C2C(S(=O)(=O)CC)=Nn3c2nnc3-c2cnccn2)c(C)n1. The molecule has 1 aliphatic heterocycles. The zero-order valence-corrected chi connectivity index (χ0v) is 19.1. The maximum atomic E-state index is 12.8. The second-order valence-electron chi connectivity index (χ2n) is 6.96. The third kappa shape index (κ3) is 3.77. The van der Waals surface area contributed by atoms with Crippen molar-refractivity contribution >= 4 is 32.1 Å². The van der Waals surface area contributed by atoms with Crippen LogP contribution in [0, 0.1) is 6.92 Å². The molecule has 0 saturated heterocycles. The molecule has 0 unspecified atom stereocenters. The number of nitrogens with zero attached hydrogens (tertiary/aromatic N) is 9. The largest absolute Gasteiger partial charge is 0.357 e. The average molecular weight is 454 g/mol. The minimum atomic E-state index is -3.68. The Hall–Kier alpha value is -3.54. The van der Waals surface area contributed by atoms with E-state index >= 15 is 0 Å². The molecule has 0 amide bonds. The molecule has 0 radical (unpaired) electrons. The number of aliphatic imine (C=N–C) groups is 1. The average Bonchev–Trinajstić information content (AvgIpc) is 3.37. The van der Waals surface area contributed by atoms with E-state index in [1.807, 2.05) is 19.1 Å². The normalized spacial score (nSPS) is 14.5. The lowest BCUT2D eigenvalue weighted by Gasteiger charge is -2.20. The summed E-state index contributed by atoms with van der Waals surface area (Å²) in [4.78, 5) is 19.6. The molecule has 0 saturated carbocycles. The summed E-state index contributed by atoms with van der Waals surface area (Å²) in [7, 11) is -3.68. The fraction of sp³-hybridized carbons (Fsp3) is 0.350. The van der Waals surface area contributed by atoms with Crippen molar-refractivity contribution in [1.82, 2.24) is 29.8 Å². The van der Waals surface area contributed by atoms with Gasteiger partial charge in [-0.15, -0.1) is 15.3 Å². The van der Waals surface area contributed by atoms with Crippen molar-refractivity contribution in [2.45, 2.75) is 27.7 Å². The highest BCUT2D eigenvalue weighted by Crippen LogP contribution is 2.26. The topological polar surface area (TPSA) is 131 Å². The molecule has 0 aliphatic carbocycles. The van der Waals surface area contributed by atoms with Gasteiger partial charge in [-0.05, 0) is 32.9 Å². The maximum absolute atomic E-state index is 12.8. The first-order valence-corrected chi connectivity index (χ1v) is 11.9. The first kappa shape index (κ1) is 21.7. The summed E-state index contributed by atoms with van der Waals surface area (Å²) in [5.74, 6) is 1.23. The zero-order valence-electron chi connectivity index (χ0n) is 18.3. The lowest BCUT2D eigenvalue weighted by molar-refractivity contribution is 0.608. The van der Waals surface area contributed by atoms with E-state index in [1.54, 1.807) is 6.92 Å². The van der Waals surface area contributed by atoms with E-state index in [9.17, 15) is 8.42 Å². The van der Waals surface area contributed by atoms with Crippen LogP contribution in [0.2, 0.25) is 0 Å². The molecule has 1 aliphatic rings. The molecule has 166 valence electrons. The number of anilines is 1. The van der Waals surface area contributed by atoms with E-state index in [1.165, 1.54) is 23.3 Å². The Kier molecular flexibility index (Phi) is 5.78. The summed E-state index contributed by atoms with van der Waals surface area (Å²) >= 11 is 0. The summed E-state index contributed by atoms with van der Waals surface area (Å²) in [5.41, 5.74) is 1.76. The highest BCUT2D eigenvalue weighted by atomic mass is 32.2. The van der Waals surface area contributed by atoms with E-state index in [4.69, 9.17) is 0 Å². The fourth-order valence-electron chi connectivity index (χ4n) is 3.28. The van der Waals surface area contributed by atoms with Crippen LogP contribution >= 0.6 is 0 Å². The van der Waals surface area contributed by atoms with Crippen LogP contribution in [0.5, 0.6) is 0 Å². The van der Waals surface area contributed by atoms with Crippen LogP contribution in [-0.4, -0.2) is 67.8 Å². The number of sulfone groups is 1. The van der Waals surface area contributed by atoms with Gasteiger partial charge in [-0.25, -0.2) is 23.4 Å². The van der Waals surface area contributed by atoms with E-state index in [0.29, 0.717) is 17.1 Å². The summed E-state index contributed by atoms with van der Waals surface area (Å²) < 4.78 is 26.9. The van der Waals surface area contributed by atoms with Crippen LogP contribution < -0.4 is 4.90 Å². The molecule has 3 aromatic heterocycles. The van der Waals surface area contributed by atoms with Crippen molar-refractivity contribution in [2.24, 2.45) is 10.1 Å². The van der Waals surface area contributed by atoms with Gasteiger partial charge in [0, 0.05) is 25.5 Å². The van der Waals surface area contributed by atoms with Crippen LogP contribution in [0.15, 0.2) is 40.8 Å². The van der Waals surface area contributed by atoms with Gasteiger partial charge in [-0.2, -0.15) is 4.68 Å². The van der Waals surface area contributed by atoms with Gasteiger partial charge in [0.25, 0.3) is 0 Å². The number of aryl methyl sites for hydroxylation is 1. The Morgan fingerprint density at radius 2 is 1.81 bits per heavy atom. The van der Waals surface area contributed by atoms with Crippen LogP contribution in [-0.2, 0) is 9.84 Å². The Balaban J connectivity index is 1.85. The first-order chi connectivity index (χ1) is 15.4. The van der Waals surface area contributed by atoms with Crippen molar-refractivity contribution in [3.8, 4) is 11.5 Å². The van der Waals surface area contributed by atoms with Crippen molar-refractivity contribution in [1.29, 1.82) is 0 Å². The predicted octanol–water partition coefficient (Wildman–Crippen LogP) is 2.02. The fourth-order valence-corrected chi connectivity index (χ4v) is 4.19. The van der Waals surface area contributed by atoms with Gasteiger partial charge in [-0.1, -0.05) is 6.92 Å². The Bertz CT molecular complexity index is 1310. The van der Waals surface area contributed by atoms with Crippen LogP contribution in [0.25, 0.3) is 11.5 Å². The molecule has 0 N–H and O–H groups in total. The monoisotopic (exact) mass is 453 g/mol. The van der Waals surface area contributed by atoms with Crippen molar-refractivity contribution in [3.05, 3.63) is 42.2 Å². The zero-order chi connectivity index (χ0) is 22.9. The lowest BCUT2D eigenvalue weighted by atomic mass is 10.3. The molecule has 32 heavy (non-hydrogen) atoms. The van der Waals surface area contributed by atoms with Gasteiger partial charge < -0.3 is 4.90 Å². The third-order valence-corrected chi connectivity index (χ3v) is 6.70. The van der Waals surface area contributed by atoms with E-state index in [-0.39, 0.29) is 28.2 Å². The van der Waals surface area contributed by atoms with Crippen molar-refractivity contribution < 1.29 is 8.42 Å². The standard InChI is InChI=1S/C20H23N9O2S/c1-5-28(6-2)16-9-8-14(13(4)23-16)24-17-19-26-25-18(15-12-21-10-11-22-15)29(19)27-20(17)32(30,31)7-3/h8-12H,5-7H2,1-4H3. The summed E-state index contributed by atoms with van der Waals surface area (Å²) in [6, 6.07) is 3.69. The molecule has 0 fully saturated rings. The smallest absolute Gasteiger partial charge is 0.206 e. The highest BCUT2D eigenvalue weighted by Gasteiger charge is 2.36. The van der Waals surface area contributed by atoms with Crippen molar-refractivity contribution in [2.75, 3.05) is 23.7 Å². The number of pyridine rings is 1. The predicted molar refractivity (Wildman–Crippen MR) is 122 cm³/mol. The van der Waals surface area contributed by atoms with Gasteiger partial charge in [-0.3, -0.25) is 4.98 Å². The van der Waals surface area contributed by atoms with Gasteiger partial charge >= 0.3 is 0 Å². The number of fused-ring (bicyclic) bond motifs is 1. The third-order valence-electron chi connectivity index (χ3n) is 5.08. The Morgan fingerprint density at radius 1 is 1.06 bits per heavy atom. The van der Waals surface area contributed by atoms with E-state index in [0.717, 1.165) is 18.9 Å². The Morgan fingerprint density at radius 3 is 2.44 bits per heavy atom. The first-order valence-electron chi connectivity index (χ1n) is 10.2. The second-order valence-corrected chi connectivity index (χ2v) is 9.16. The minimum Gasteiger partial charge on any atom is -0.357 e. The molecule has 4 heterocycles. The van der Waals surface area contributed by atoms with Crippen LogP contribution in [0.1, 0.15) is 32.3 Å². The molecular formula is C20H23N9O2S. The minimum absolute atomic E-state index is 0.123. The van der Waals surface area contributed by atoms with Gasteiger partial charge in [0.05, 0.1) is 23.3 Å². The molecule has 0 bridgehead atoms. The van der Waals surface area contributed by atoms with Gasteiger partial charge in [0.1, 0.15) is 17.2 Å². The molecule has 4 rings (SSSR count). The summed E-state index contributed by atoms with van der Waals surface area (Å²) in [5, 5.41) is 12.4. The lowest BCUT2D eigenvalue weighted by Crippen LogP contribution is -2.24. The Labute approximate surface area is 185 Å². The van der Waals surface area contributed by atoms with Crippen LogP contribution in [0.4, 0.5) is 11.5 Å². The number of hydrogen-bond acceptors (Lipinski definition) is 10. The quantitative estimate of drug-likeness (QED) is 0.554. The second kappa shape index (κ2) is 8.54. The molecule has 3 aromatic rings. The maximum Gasteiger partial charge on any atom is 0.206 e. The van der Waals surface area contributed by atoms with Crippen LogP contribution in [0.3, 0.4) is 0 Å². The van der Waals surface area contributed by atoms with E-state index in [2.05, 4.69) is 54.0 Å². The molecule has 0 spiro atoms. The molecule has 0 aromatic carbocycles. The highest BCUT2D eigenvalue weighted by molar-refractivity contribution is 8.08. The van der Waals surface area contributed by atoms with Crippen molar-refractivity contribution in [3.63, 3.8) is 0 Å². The molecule has 12 heteroatoms. The number of aromatic nitrogens is 6. The number of hydrogen-bond donors (Lipinski definition) is 0. The number of rotatable bonds is 6. The summed E-state index contributed by atoms with van der Waals surface area (Å²) in [6.07, 6.45) is 4.56.